The third kappa shape index (κ3) is 4.75. The van der Waals surface area contributed by atoms with Crippen LogP contribution < -0.4 is 20.4 Å². The number of quaternary nitrogens is 1. The fourth-order valence-electron chi connectivity index (χ4n) is 3.85. The summed E-state index contributed by atoms with van der Waals surface area (Å²) in [7, 11) is 0. The topological polar surface area (TPSA) is 65.9 Å². The van der Waals surface area contributed by atoms with Gasteiger partial charge < -0.3 is 20.4 Å². The van der Waals surface area contributed by atoms with Gasteiger partial charge in [-0.05, 0) is 37.1 Å². The highest BCUT2D eigenvalue weighted by molar-refractivity contribution is 5.96. The maximum absolute atomic E-state index is 12.3. The molecule has 1 atom stereocenters. The van der Waals surface area contributed by atoms with E-state index in [0.29, 0.717) is 19.5 Å². The van der Waals surface area contributed by atoms with E-state index in [0.717, 1.165) is 18.7 Å². The molecule has 0 saturated carbocycles. The molecule has 0 aliphatic carbocycles. The molecule has 2 fully saturated rings. The van der Waals surface area contributed by atoms with Gasteiger partial charge in [0.2, 0.25) is 5.91 Å². The molecule has 0 bridgehead atoms. The predicted molar refractivity (Wildman–Crippen MR) is 103 cm³/mol. The fraction of sp³-hybridized carbons (Fsp3) is 0.600. The van der Waals surface area contributed by atoms with Crippen molar-refractivity contribution < 1.29 is 14.5 Å². The number of rotatable bonds is 6. The third-order valence-electron chi connectivity index (χ3n) is 5.57. The number of aryl methyl sites for hydroxylation is 2. The van der Waals surface area contributed by atoms with E-state index in [9.17, 15) is 9.59 Å². The molecule has 1 aromatic carbocycles. The van der Waals surface area contributed by atoms with Crippen molar-refractivity contribution in [1.82, 2.24) is 10.6 Å². The molecule has 3 amide bonds. The SMILES string of the molecule is Cc1ccc(N2C[C@H](NC(=O)NCCC[NH+]3CCCC3)CC2=O)cc1C. The van der Waals surface area contributed by atoms with Gasteiger partial charge >= 0.3 is 6.03 Å². The first-order chi connectivity index (χ1) is 12.5. The van der Waals surface area contributed by atoms with Crippen LogP contribution in [0.15, 0.2) is 18.2 Å². The largest absolute Gasteiger partial charge is 0.338 e. The Bertz CT molecular complexity index is 655. The maximum Gasteiger partial charge on any atom is 0.315 e. The summed E-state index contributed by atoms with van der Waals surface area (Å²) in [6.45, 7) is 9.00. The molecule has 0 radical (unpaired) electrons. The predicted octanol–water partition coefficient (Wildman–Crippen LogP) is 0.777. The number of nitrogens with zero attached hydrogens (tertiary/aromatic N) is 1. The molecule has 0 unspecified atom stereocenters. The summed E-state index contributed by atoms with van der Waals surface area (Å²) >= 11 is 0. The maximum atomic E-state index is 12.3. The first-order valence-electron chi connectivity index (χ1n) is 9.78. The van der Waals surface area contributed by atoms with Gasteiger partial charge in [0.05, 0.1) is 25.7 Å². The van der Waals surface area contributed by atoms with Crippen LogP contribution in [-0.2, 0) is 4.79 Å². The van der Waals surface area contributed by atoms with Crippen LogP contribution in [0.5, 0.6) is 0 Å². The Morgan fingerprint density at radius 2 is 2.00 bits per heavy atom. The summed E-state index contributed by atoms with van der Waals surface area (Å²) in [6.07, 6.45) is 4.02. The summed E-state index contributed by atoms with van der Waals surface area (Å²) in [5.41, 5.74) is 3.30. The van der Waals surface area contributed by atoms with Crippen LogP contribution in [0.3, 0.4) is 0 Å². The zero-order valence-electron chi connectivity index (χ0n) is 15.9. The summed E-state index contributed by atoms with van der Waals surface area (Å²) in [5, 5.41) is 5.87. The molecule has 2 saturated heterocycles. The molecule has 2 aliphatic rings. The molecule has 6 heteroatoms. The van der Waals surface area contributed by atoms with E-state index in [-0.39, 0.29) is 18.0 Å². The summed E-state index contributed by atoms with van der Waals surface area (Å²) < 4.78 is 0. The third-order valence-corrected chi connectivity index (χ3v) is 5.57. The highest BCUT2D eigenvalue weighted by atomic mass is 16.2. The molecule has 0 aromatic heterocycles. The molecule has 3 N–H and O–H groups in total. The number of carbonyl (C=O) groups is 2. The van der Waals surface area contributed by atoms with Crippen molar-refractivity contribution in [2.45, 2.75) is 45.6 Å². The van der Waals surface area contributed by atoms with Crippen molar-refractivity contribution in [2.24, 2.45) is 0 Å². The second kappa shape index (κ2) is 8.54. The van der Waals surface area contributed by atoms with Gasteiger partial charge in [-0.15, -0.1) is 0 Å². The van der Waals surface area contributed by atoms with E-state index in [1.54, 1.807) is 9.80 Å². The Hall–Kier alpha value is -2.08. The Morgan fingerprint density at radius 1 is 1.23 bits per heavy atom. The minimum atomic E-state index is -0.166. The van der Waals surface area contributed by atoms with Crippen LogP contribution in [0.2, 0.25) is 0 Å². The Labute approximate surface area is 155 Å². The monoisotopic (exact) mass is 359 g/mol. The number of hydrogen-bond donors (Lipinski definition) is 3. The van der Waals surface area contributed by atoms with Crippen molar-refractivity contribution >= 4 is 17.6 Å². The highest BCUT2D eigenvalue weighted by Crippen LogP contribution is 2.24. The number of carbonyl (C=O) groups excluding carboxylic acids is 2. The molecular weight excluding hydrogens is 328 g/mol. The van der Waals surface area contributed by atoms with Crippen molar-refractivity contribution in [3.05, 3.63) is 29.3 Å². The molecule has 2 heterocycles. The Morgan fingerprint density at radius 3 is 2.73 bits per heavy atom. The minimum Gasteiger partial charge on any atom is -0.338 e. The molecule has 6 nitrogen and oxygen atoms in total. The lowest BCUT2D eigenvalue weighted by Crippen LogP contribution is -3.10. The van der Waals surface area contributed by atoms with Crippen LogP contribution >= 0.6 is 0 Å². The van der Waals surface area contributed by atoms with Crippen LogP contribution in [0, 0.1) is 13.8 Å². The lowest BCUT2D eigenvalue weighted by atomic mass is 10.1. The van der Waals surface area contributed by atoms with Crippen LogP contribution in [0.4, 0.5) is 10.5 Å². The smallest absolute Gasteiger partial charge is 0.315 e. The van der Waals surface area contributed by atoms with Gasteiger partial charge in [-0.25, -0.2) is 4.79 Å². The molecule has 2 aliphatic heterocycles. The average molecular weight is 359 g/mol. The zero-order chi connectivity index (χ0) is 18.5. The standard InChI is InChI=1S/C20H30N4O2/c1-15-6-7-18(12-16(15)2)24-14-17(13-19(24)25)22-20(26)21-8-5-11-23-9-3-4-10-23/h6-7,12,17H,3-5,8-11,13-14H2,1-2H3,(H2,21,22,26)/p+1/t17-/m1/s1. The molecule has 0 spiro atoms. The Kier molecular flexibility index (Phi) is 6.14. The van der Waals surface area contributed by atoms with Crippen LogP contribution in [0.1, 0.15) is 36.8 Å². The van der Waals surface area contributed by atoms with Gasteiger partial charge in [0.25, 0.3) is 0 Å². The summed E-state index contributed by atoms with van der Waals surface area (Å²) in [6, 6.07) is 5.75. The van der Waals surface area contributed by atoms with Gasteiger partial charge in [0, 0.05) is 44.5 Å². The lowest BCUT2D eigenvalue weighted by Gasteiger charge is -2.18. The number of benzene rings is 1. The second-order valence-corrected chi connectivity index (χ2v) is 7.63. The van der Waals surface area contributed by atoms with E-state index in [1.807, 2.05) is 25.1 Å². The molecule has 26 heavy (non-hydrogen) atoms. The van der Waals surface area contributed by atoms with E-state index >= 15 is 0 Å². The van der Waals surface area contributed by atoms with Crippen molar-refractivity contribution in [1.29, 1.82) is 0 Å². The number of urea groups is 1. The average Bonchev–Trinajstić information content (AvgIpc) is 3.24. The first kappa shape index (κ1) is 18.7. The Balaban J connectivity index is 1.41. The highest BCUT2D eigenvalue weighted by Gasteiger charge is 2.31. The number of amides is 3. The van der Waals surface area contributed by atoms with Gasteiger partial charge in [0.15, 0.2) is 0 Å². The molecular formula is C20H31N4O2+. The molecule has 3 rings (SSSR count). The lowest BCUT2D eigenvalue weighted by molar-refractivity contribution is -0.887. The zero-order valence-corrected chi connectivity index (χ0v) is 15.9. The summed E-state index contributed by atoms with van der Waals surface area (Å²) in [5.74, 6) is 0.0659. The molecule has 1 aromatic rings. The van der Waals surface area contributed by atoms with Crippen LogP contribution in [-0.4, -0.2) is 50.7 Å². The fourth-order valence-corrected chi connectivity index (χ4v) is 3.85. The van der Waals surface area contributed by atoms with E-state index < -0.39 is 0 Å². The van der Waals surface area contributed by atoms with Gasteiger partial charge in [0.1, 0.15) is 0 Å². The van der Waals surface area contributed by atoms with Crippen molar-refractivity contribution in [3.63, 3.8) is 0 Å². The summed E-state index contributed by atoms with van der Waals surface area (Å²) in [4.78, 5) is 27.8. The van der Waals surface area contributed by atoms with E-state index in [1.165, 1.54) is 37.1 Å². The van der Waals surface area contributed by atoms with Crippen LogP contribution in [0.25, 0.3) is 0 Å². The number of anilines is 1. The second-order valence-electron chi connectivity index (χ2n) is 7.63. The van der Waals surface area contributed by atoms with Gasteiger partial charge in [-0.1, -0.05) is 6.07 Å². The minimum absolute atomic E-state index is 0.0659. The van der Waals surface area contributed by atoms with Crippen molar-refractivity contribution in [3.8, 4) is 0 Å². The van der Waals surface area contributed by atoms with E-state index in [4.69, 9.17) is 0 Å². The first-order valence-corrected chi connectivity index (χ1v) is 9.78. The number of likely N-dealkylation sites (tertiary alicyclic amines) is 1. The van der Waals surface area contributed by atoms with Crippen molar-refractivity contribution in [2.75, 3.05) is 37.6 Å². The van der Waals surface area contributed by atoms with E-state index in [2.05, 4.69) is 17.6 Å². The normalized spacial score (nSPS) is 20.6. The van der Waals surface area contributed by atoms with Gasteiger partial charge in [-0.2, -0.15) is 0 Å². The number of hydrogen-bond acceptors (Lipinski definition) is 2. The quantitative estimate of drug-likeness (QED) is 0.657. The number of nitrogens with one attached hydrogen (secondary N) is 3. The van der Waals surface area contributed by atoms with Gasteiger partial charge in [-0.3, -0.25) is 4.79 Å². The molecule has 142 valence electrons.